The molecule has 2 rings (SSSR count). The summed E-state index contributed by atoms with van der Waals surface area (Å²) in [5, 5.41) is 2.73. The first-order valence-corrected chi connectivity index (χ1v) is 8.01. The second-order valence-corrected chi connectivity index (χ2v) is 6.20. The normalized spacial score (nSPS) is 11.9. The van der Waals surface area contributed by atoms with Gasteiger partial charge < -0.3 is 11.1 Å². The molecule has 0 aliphatic rings. The Bertz CT molecular complexity index is 614. The van der Waals surface area contributed by atoms with Crippen LogP contribution >= 0.6 is 11.8 Å². The Kier molecular flexibility index (Phi) is 5.83. The average molecular weight is 318 g/mol. The van der Waals surface area contributed by atoms with Crippen LogP contribution in [0.5, 0.6) is 0 Å². The molecule has 0 heterocycles. The largest absolute Gasteiger partial charge is 0.399 e. The van der Waals surface area contributed by atoms with Crippen LogP contribution in [0.3, 0.4) is 0 Å². The third-order valence-corrected chi connectivity index (χ3v) is 4.58. The quantitative estimate of drug-likeness (QED) is 0.632. The average Bonchev–Trinajstić information content (AvgIpc) is 2.53. The summed E-state index contributed by atoms with van der Waals surface area (Å²) in [6, 6.07) is 13.6. The molecular weight excluding hydrogens is 299 g/mol. The molecule has 3 nitrogen and oxygen atoms in total. The maximum Gasteiger partial charge on any atom is 0.233 e. The molecule has 3 N–H and O–H groups in total. The monoisotopic (exact) mass is 318 g/mol. The van der Waals surface area contributed by atoms with E-state index in [-0.39, 0.29) is 17.0 Å². The Morgan fingerprint density at radius 3 is 2.41 bits per heavy atom. The Morgan fingerprint density at radius 2 is 1.82 bits per heavy atom. The minimum absolute atomic E-state index is 0.0198. The van der Waals surface area contributed by atoms with E-state index in [1.807, 2.05) is 31.2 Å². The topological polar surface area (TPSA) is 55.1 Å². The van der Waals surface area contributed by atoms with E-state index in [4.69, 9.17) is 5.73 Å². The van der Waals surface area contributed by atoms with E-state index >= 15 is 0 Å². The number of nitrogen functional groups attached to an aromatic ring is 1. The molecule has 116 valence electrons. The number of thioether (sulfide) groups is 1. The van der Waals surface area contributed by atoms with Crippen molar-refractivity contribution in [2.24, 2.45) is 0 Å². The fraction of sp³-hybridized carbons (Fsp3) is 0.235. The second-order valence-electron chi connectivity index (χ2n) is 4.93. The van der Waals surface area contributed by atoms with Crippen molar-refractivity contribution < 1.29 is 9.18 Å². The molecule has 0 fully saturated rings. The van der Waals surface area contributed by atoms with Crippen molar-refractivity contribution in [3.63, 3.8) is 0 Å². The first-order valence-electron chi connectivity index (χ1n) is 7.13. The van der Waals surface area contributed by atoms with Crippen LogP contribution < -0.4 is 11.1 Å². The Labute approximate surface area is 134 Å². The zero-order valence-corrected chi connectivity index (χ0v) is 13.2. The SMILES string of the molecule is CCC(Sc1ccc(N)cc1)C(=O)NCc1ccc(F)cc1. The highest BCUT2D eigenvalue weighted by atomic mass is 32.2. The first-order chi connectivity index (χ1) is 10.6. The maximum absolute atomic E-state index is 12.8. The second kappa shape index (κ2) is 7.84. The summed E-state index contributed by atoms with van der Waals surface area (Å²) in [5.41, 5.74) is 7.24. The van der Waals surface area contributed by atoms with Gasteiger partial charge in [0.1, 0.15) is 5.82 Å². The molecule has 22 heavy (non-hydrogen) atoms. The summed E-state index contributed by atoms with van der Waals surface area (Å²) in [4.78, 5) is 13.3. The van der Waals surface area contributed by atoms with E-state index in [1.54, 1.807) is 12.1 Å². The van der Waals surface area contributed by atoms with Crippen LogP contribution in [0, 0.1) is 5.82 Å². The number of carbonyl (C=O) groups is 1. The molecule has 0 saturated carbocycles. The van der Waals surface area contributed by atoms with Gasteiger partial charge in [-0.05, 0) is 48.4 Å². The molecule has 0 aliphatic carbocycles. The van der Waals surface area contributed by atoms with Crippen LogP contribution in [0.2, 0.25) is 0 Å². The van der Waals surface area contributed by atoms with Crippen molar-refractivity contribution in [2.75, 3.05) is 5.73 Å². The van der Waals surface area contributed by atoms with Crippen LogP contribution in [0.15, 0.2) is 53.4 Å². The predicted molar refractivity (Wildman–Crippen MR) is 89.0 cm³/mol. The van der Waals surface area contributed by atoms with Gasteiger partial charge in [-0.15, -0.1) is 11.8 Å². The number of rotatable bonds is 6. The maximum atomic E-state index is 12.8. The van der Waals surface area contributed by atoms with Crippen molar-refractivity contribution in [1.82, 2.24) is 5.32 Å². The molecule has 2 aromatic rings. The molecule has 0 aromatic heterocycles. The zero-order chi connectivity index (χ0) is 15.9. The number of hydrogen-bond acceptors (Lipinski definition) is 3. The summed E-state index contributed by atoms with van der Waals surface area (Å²) in [7, 11) is 0. The molecule has 2 aromatic carbocycles. The van der Waals surface area contributed by atoms with Gasteiger partial charge in [-0.2, -0.15) is 0 Å². The highest BCUT2D eigenvalue weighted by molar-refractivity contribution is 8.00. The third-order valence-electron chi connectivity index (χ3n) is 3.20. The van der Waals surface area contributed by atoms with Crippen LogP contribution in [0.4, 0.5) is 10.1 Å². The number of benzene rings is 2. The first kappa shape index (κ1) is 16.4. The number of nitrogens with two attached hydrogens (primary N) is 1. The fourth-order valence-electron chi connectivity index (χ4n) is 1.94. The molecule has 0 spiro atoms. The van der Waals surface area contributed by atoms with Gasteiger partial charge in [0.15, 0.2) is 0 Å². The van der Waals surface area contributed by atoms with E-state index in [0.717, 1.165) is 16.9 Å². The number of nitrogens with one attached hydrogen (secondary N) is 1. The standard InChI is InChI=1S/C17H19FN2OS/c1-2-16(22-15-9-7-14(19)8-10-15)17(21)20-11-12-3-5-13(18)6-4-12/h3-10,16H,2,11,19H2,1H3,(H,20,21). The molecule has 5 heteroatoms. The van der Waals surface area contributed by atoms with Gasteiger partial charge in [0.05, 0.1) is 5.25 Å². The summed E-state index contributed by atoms with van der Waals surface area (Å²) in [6.45, 7) is 2.38. The highest BCUT2D eigenvalue weighted by Gasteiger charge is 2.17. The van der Waals surface area contributed by atoms with Gasteiger partial charge in [-0.1, -0.05) is 19.1 Å². The molecule has 1 atom stereocenters. The van der Waals surface area contributed by atoms with Gasteiger partial charge >= 0.3 is 0 Å². The Hall–Kier alpha value is -2.01. The predicted octanol–water partition coefficient (Wildman–Crippen LogP) is 3.60. The van der Waals surface area contributed by atoms with E-state index < -0.39 is 0 Å². The lowest BCUT2D eigenvalue weighted by atomic mass is 10.2. The van der Waals surface area contributed by atoms with E-state index in [0.29, 0.717) is 12.2 Å². The van der Waals surface area contributed by atoms with Gasteiger partial charge in [-0.25, -0.2) is 4.39 Å². The molecule has 0 saturated heterocycles. The van der Waals surface area contributed by atoms with Crippen LogP contribution in [0.1, 0.15) is 18.9 Å². The van der Waals surface area contributed by atoms with E-state index in [1.165, 1.54) is 23.9 Å². The van der Waals surface area contributed by atoms with Crippen LogP contribution in [-0.4, -0.2) is 11.2 Å². The lowest BCUT2D eigenvalue weighted by molar-refractivity contribution is -0.120. The van der Waals surface area contributed by atoms with Gasteiger partial charge in [-0.3, -0.25) is 4.79 Å². The summed E-state index contributed by atoms with van der Waals surface area (Å²) < 4.78 is 12.8. The molecular formula is C17H19FN2OS. The van der Waals surface area contributed by atoms with Gasteiger partial charge in [0.25, 0.3) is 0 Å². The van der Waals surface area contributed by atoms with Gasteiger partial charge in [0, 0.05) is 17.1 Å². The number of hydrogen-bond donors (Lipinski definition) is 2. The summed E-state index contributed by atoms with van der Waals surface area (Å²) in [6.07, 6.45) is 0.726. The molecule has 1 amide bonds. The minimum atomic E-state index is -0.277. The van der Waals surface area contributed by atoms with Crippen LogP contribution in [-0.2, 0) is 11.3 Å². The Balaban J connectivity index is 1.91. The summed E-state index contributed by atoms with van der Waals surface area (Å²) in [5.74, 6) is -0.297. The molecule has 0 aliphatic heterocycles. The van der Waals surface area contributed by atoms with Crippen molar-refractivity contribution in [1.29, 1.82) is 0 Å². The van der Waals surface area contributed by atoms with E-state index in [2.05, 4.69) is 5.32 Å². The number of anilines is 1. The lowest BCUT2D eigenvalue weighted by Gasteiger charge is -2.15. The summed E-state index contributed by atoms with van der Waals surface area (Å²) >= 11 is 1.52. The number of halogens is 1. The third kappa shape index (κ3) is 4.77. The number of carbonyl (C=O) groups excluding carboxylic acids is 1. The minimum Gasteiger partial charge on any atom is -0.399 e. The van der Waals surface area contributed by atoms with Crippen molar-refractivity contribution in [2.45, 2.75) is 30.0 Å². The van der Waals surface area contributed by atoms with Gasteiger partial charge in [0.2, 0.25) is 5.91 Å². The smallest absolute Gasteiger partial charge is 0.233 e. The van der Waals surface area contributed by atoms with Crippen molar-refractivity contribution >= 4 is 23.4 Å². The van der Waals surface area contributed by atoms with Crippen molar-refractivity contribution in [3.05, 3.63) is 59.9 Å². The Morgan fingerprint density at radius 1 is 1.18 bits per heavy atom. The van der Waals surface area contributed by atoms with Crippen LogP contribution in [0.25, 0.3) is 0 Å². The molecule has 0 bridgehead atoms. The molecule has 0 radical (unpaired) electrons. The number of amides is 1. The van der Waals surface area contributed by atoms with E-state index in [9.17, 15) is 9.18 Å². The van der Waals surface area contributed by atoms with Crippen molar-refractivity contribution in [3.8, 4) is 0 Å². The zero-order valence-electron chi connectivity index (χ0n) is 12.4. The lowest BCUT2D eigenvalue weighted by Crippen LogP contribution is -2.31. The highest BCUT2D eigenvalue weighted by Crippen LogP contribution is 2.26. The fourth-order valence-corrected chi connectivity index (χ4v) is 2.92. The molecule has 1 unspecified atom stereocenters.